The zero-order valence-corrected chi connectivity index (χ0v) is 25.0. The summed E-state index contributed by atoms with van der Waals surface area (Å²) in [5.41, 5.74) is 0.954. The van der Waals surface area contributed by atoms with Gasteiger partial charge in [0.2, 0.25) is 0 Å². The minimum absolute atomic E-state index is 0.0278. The second kappa shape index (κ2) is 10.5. The molecule has 35 heavy (non-hydrogen) atoms. The van der Waals surface area contributed by atoms with Crippen LogP contribution in [-0.4, -0.2) is 39.0 Å². The number of nitrogens with zero attached hydrogens (tertiary/aromatic N) is 2. The first-order chi connectivity index (χ1) is 16.3. The topological polar surface area (TPSA) is 71.7 Å². The van der Waals surface area contributed by atoms with Crippen molar-refractivity contribution in [1.82, 2.24) is 9.13 Å². The van der Waals surface area contributed by atoms with Crippen molar-refractivity contribution in [3.63, 3.8) is 0 Å². The summed E-state index contributed by atoms with van der Waals surface area (Å²) in [6.07, 6.45) is 8.54. The fourth-order valence-electron chi connectivity index (χ4n) is 6.04. The van der Waals surface area contributed by atoms with E-state index in [-0.39, 0.29) is 46.9 Å². The Morgan fingerprint density at radius 2 is 1.57 bits per heavy atom. The van der Waals surface area contributed by atoms with Gasteiger partial charge in [0, 0.05) is 30.3 Å². The molecule has 2 fully saturated rings. The highest BCUT2D eigenvalue weighted by molar-refractivity contribution is 6.83. The molecule has 2 unspecified atom stereocenters. The molecule has 3 rings (SSSR count). The smallest absolute Gasteiger partial charge is 0.334 e. The third-order valence-corrected chi connectivity index (χ3v) is 18.3. The molecule has 9 heteroatoms. The Bertz CT molecular complexity index is 1050. The van der Waals surface area contributed by atoms with E-state index in [4.69, 9.17) is 19.4 Å². The molecule has 0 bridgehead atoms. The lowest BCUT2D eigenvalue weighted by atomic mass is 10.1. The lowest BCUT2D eigenvalue weighted by Gasteiger charge is -2.51. The number of hydrogen-bond donors (Lipinski definition) is 0. The van der Waals surface area contributed by atoms with Gasteiger partial charge in [0.15, 0.2) is 0 Å². The molecule has 2 heterocycles. The van der Waals surface area contributed by atoms with Crippen LogP contribution in [0.4, 0.5) is 0 Å². The van der Waals surface area contributed by atoms with Crippen LogP contribution in [0.25, 0.3) is 0 Å². The van der Waals surface area contributed by atoms with Crippen LogP contribution in [-0.2, 0) is 19.5 Å². The minimum Gasteiger partial charge on any atom is -0.414 e. The first-order valence-corrected chi connectivity index (χ1v) is 17.0. The second-order valence-electron chi connectivity index (χ2n) is 11.6. The van der Waals surface area contributed by atoms with Crippen molar-refractivity contribution in [3.8, 4) is 12.3 Å². The van der Waals surface area contributed by atoms with Gasteiger partial charge >= 0.3 is 22.8 Å². The number of aryl methyl sites for hydroxylation is 1. The fourth-order valence-corrected chi connectivity index (χ4v) is 17.4. The number of hydrogen-bond acceptors (Lipinski definition) is 5. The molecular formula is C26H44N2O5Si2. The lowest BCUT2D eigenvalue weighted by Crippen LogP contribution is -2.64. The van der Waals surface area contributed by atoms with E-state index in [1.807, 2.05) is 0 Å². The Balaban J connectivity index is 2.07. The summed E-state index contributed by atoms with van der Waals surface area (Å²) < 4.78 is 24.2. The number of terminal acetylenes is 1. The van der Waals surface area contributed by atoms with E-state index in [2.05, 4.69) is 61.3 Å². The molecule has 1 aromatic heterocycles. The number of rotatable bonds is 6. The van der Waals surface area contributed by atoms with Crippen LogP contribution in [0.2, 0.25) is 22.2 Å². The molecular weight excluding hydrogens is 476 g/mol. The normalized spacial score (nSPS) is 26.1. The van der Waals surface area contributed by atoms with Crippen LogP contribution >= 0.6 is 0 Å². The fraction of sp³-hybridized carbons (Fsp3) is 0.769. The average Bonchev–Trinajstić information content (AvgIpc) is 3.14. The molecule has 0 radical (unpaired) electrons. The molecule has 196 valence electrons. The molecule has 3 atom stereocenters. The van der Waals surface area contributed by atoms with Crippen LogP contribution in [0.1, 0.15) is 79.8 Å². The summed E-state index contributed by atoms with van der Waals surface area (Å²) in [4.78, 5) is 25.8. The Morgan fingerprint density at radius 3 is 2.09 bits per heavy atom. The Kier molecular flexibility index (Phi) is 8.44. The van der Waals surface area contributed by atoms with Crippen LogP contribution in [0.15, 0.2) is 15.8 Å². The predicted molar refractivity (Wildman–Crippen MR) is 144 cm³/mol. The largest absolute Gasteiger partial charge is 0.414 e. The number of aromatic nitrogens is 2. The van der Waals surface area contributed by atoms with Crippen LogP contribution in [0.3, 0.4) is 0 Å². The van der Waals surface area contributed by atoms with E-state index in [1.54, 1.807) is 17.7 Å². The van der Waals surface area contributed by atoms with Gasteiger partial charge in [-0.2, -0.15) is 0 Å². The van der Waals surface area contributed by atoms with Crippen molar-refractivity contribution in [3.05, 3.63) is 32.6 Å². The van der Waals surface area contributed by atoms with E-state index in [0.717, 1.165) is 11.0 Å². The SMILES string of the molecule is C#CCn1c(=O)c(C)cn(C2CC3O[Si](C(C)C)(C(C)C)O[Si](C(C)C)(C(C)C)OC[C@H]3C2)c1=O. The monoisotopic (exact) mass is 520 g/mol. The maximum absolute atomic E-state index is 13.2. The van der Waals surface area contributed by atoms with Crippen molar-refractivity contribution in [2.24, 2.45) is 5.92 Å². The highest BCUT2D eigenvalue weighted by Gasteiger charge is 2.59. The summed E-state index contributed by atoms with van der Waals surface area (Å²) in [5.74, 6) is 2.61. The minimum atomic E-state index is -2.69. The highest BCUT2D eigenvalue weighted by Crippen LogP contribution is 2.49. The van der Waals surface area contributed by atoms with Gasteiger partial charge in [-0.15, -0.1) is 6.42 Å². The van der Waals surface area contributed by atoms with Gasteiger partial charge in [0.1, 0.15) is 0 Å². The van der Waals surface area contributed by atoms with E-state index in [0.29, 0.717) is 29.7 Å². The van der Waals surface area contributed by atoms with E-state index in [9.17, 15) is 9.59 Å². The van der Waals surface area contributed by atoms with Crippen molar-refractivity contribution in [2.75, 3.05) is 6.61 Å². The van der Waals surface area contributed by atoms with E-state index < -0.39 is 17.1 Å². The highest BCUT2D eigenvalue weighted by atomic mass is 28.5. The second-order valence-corrected chi connectivity index (χ2v) is 20.5. The first kappa shape index (κ1) is 28.1. The van der Waals surface area contributed by atoms with Gasteiger partial charge in [0.25, 0.3) is 5.56 Å². The summed E-state index contributed by atoms with van der Waals surface area (Å²) >= 11 is 0. The molecule has 1 aliphatic heterocycles. The molecule has 1 saturated heterocycles. The summed E-state index contributed by atoms with van der Waals surface area (Å²) in [6, 6.07) is -0.0808. The van der Waals surface area contributed by atoms with Gasteiger partial charge in [-0.3, -0.25) is 9.36 Å². The van der Waals surface area contributed by atoms with Crippen molar-refractivity contribution in [1.29, 1.82) is 0 Å². The van der Waals surface area contributed by atoms with E-state index in [1.165, 1.54) is 0 Å². The Hall–Kier alpha value is -1.45. The van der Waals surface area contributed by atoms with E-state index >= 15 is 0 Å². The molecule has 0 aromatic carbocycles. The summed E-state index contributed by atoms with van der Waals surface area (Å²) in [6.45, 7) is 20.0. The quantitative estimate of drug-likeness (QED) is 0.396. The predicted octanol–water partition coefficient (Wildman–Crippen LogP) is 4.86. The van der Waals surface area contributed by atoms with Crippen molar-refractivity contribution in [2.45, 2.75) is 116 Å². The molecule has 0 N–H and O–H groups in total. The van der Waals surface area contributed by atoms with Crippen LogP contribution in [0, 0.1) is 25.2 Å². The van der Waals surface area contributed by atoms with Gasteiger partial charge in [-0.05, 0) is 41.9 Å². The third kappa shape index (κ3) is 4.92. The van der Waals surface area contributed by atoms with Gasteiger partial charge in [0.05, 0.1) is 12.6 Å². The zero-order chi connectivity index (χ0) is 26.3. The molecule has 1 aliphatic carbocycles. The molecule has 0 amide bonds. The molecule has 1 aromatic rings. The molecule has 2 aliphatic rings. The van der Waals surface area contributed by atoms with Crippen LogP contribution in [0.5, 0.6) is 0 Å². The average molecular weight is 521 g/mol. The summed E-state index contributed by atoms with van der Waals surface area (Å²) in [5, 5.41) is 0. The van der Waals surface area contributed by atoms with Gasteiger partial charge in [-0.1, -0.05) is 61.3 Å². The molecule has 1 saturated carbocycles. The standard InChI is InChI=1S/C26H44N2O5Si2/c1-11-12-27-25(29)21(10)15-28(26(27)30)23-13-22-16-31-34(17(2)3,18(4)5)33-35(19(6)7,20(8)9)32-24(22)14-23/h1,15,17-20,22-24H,12-14,16H2,2-10H3/t22-,23?,24?/m1/s1. The lowest BCUT2D eigenvalue weighted by molar-refractivity contribution is 0.0367. The summed E-state index contributed by atoms with van der Waals surface area (Å²) in [7, 11) is -5.28. The van der Waals surface area contributed by atoms with Crippen molar-refractivity contribution >= 4 is 17.1 Å². The maximum atomic E-state index is 13.2. The van der Waals surface area contributed by atoms with Gasteiger partial charge in [-0.25, -0.2) is 9.36 Å². The zero-order valence-electron chi connectivity index (χ0n) is 23.0. The molecule has 0 spiro atoms. The Labute approximate surface area is 212 Å². The third-order valence-electron chi connectivity index (χ3n) is 8.01. The van der Waals surface area contributed by atoms with Gasteiger partial charge < -0.3 is 13.0 Å². The molecule has 7 nitrogen and oxygen atoms in total. The van der Waals surface area contributed by atoms with Crippen molar-refractivity contribution < 1.29 is 13.0 Å². The maximum Gasteiger partial charge on any atom is 0.334 e. The first-order valence-electron chi connectivity index (χ1n) is 13.1. The van der Waals surface area contributed by atoms with Crippen LogP contribution < -0.4 is 11.2 Å². The Morgan fingerprint density at radius 1 is 1.00 bits per heavy atom. The number of fused-ring (bicyclic) bond motifs is 1.